The van der Waals surface area contributed by atoms with Crippen LogP contribution in [0.15, 0.2) is 12.2 Å². The second kappa shape index (κ2) is 22.6. The molecule has 7 nitrogen and oxygen atoms in total. The molecule has 0 aliphatic rings. The third-order valence-corrected chi connectivity index (χ3v) is 6.56. The summed E-state index contributed by atoms with van der Waals surface area (Å²) in [4.78, 5) is 33.5. The van der Waals surface area contributed by atoms with Gasteiger partial charge in [-0.15, -0.1) is 0 Å². The molecule has 0 unspecified atom stereocenters. The summed E-state index contributed by atoms with van der Waals surface area (Å²) in [7, 11) is 0. The first-order valence-corrected chi connectivity index (χ1v) is 14.0. The van der Waals surface area contributed by atoms with E-state index in [1.54, 1.807) is 0 Å². The number of allylic oxidation sites excluding steroid dienone is 2. The Kier molecular flexibility index (Phi) is 21.3. The zero-order valence-corrected chi connectivity index (χ0v) is 22.2. The molecule has 35 heavy (non-hydrogen) atoms. The lowest BCUT2D eigenvalue weighted by molar-refractivity contribution is -0.907. The molecule has 0 bridgehead atoms. The van der Waals surface area contributed by atoms with Crippen molar-refractivity contribution in [2.24, 2.45) is 0 Å². The van der Waals surface area contributed by atoms with E-state index in [1.165, 1.54) is 83.5 Å². The molecular weight excluding hydrogens is 446 g/mol. The van der Waals surface area contributed by atoms with Crippen LogP contribution in [0.1, 0.15) is 122 Å². The molecule has 0 aliphatic heterocycles. The molecule has 0 aromatic heterocycles. The van der Waals surface area contributed by atoms with Gasteiger partial charge in [-0.1, -0.05) is 96.1 Å². The molecule has 0 fully saturated rings. The number of carbonyl (C=O) groups is 3. The van der Waals surface area contributed by atoms with E-state index in [0.717, 1.165) is 25.7 Å². The van der Waals surface area contributed by atoms with Gasteiger partial charge in [0.25, 0.3) is 0 Å². The van der Waals surface area contributed by atoms with Crippen LogP contribution in [0.4, 0.5) is 0 Å². The number of carboxylic acid groups (broad SMARTS) is 3. The van der Waals surface area contributed by atoms with Gasteiger partial charge in [0.2, 0.25) is 0 Å². The van der Waals surface area contributed by atoms with Crippen molar-refractivity contribution in [3.63, 3.8) is 0 Å². The first kappa shape index (κ1) is 33.1. The average Bonchev–Trinajstić information content (AvgIpc) is 2.76. The van der Waals surface area contributed by atoms with E-state index in [2.05, 4.69) is 19.1 Å². The highest BCUT2D eigenvalue weighted by molar-refractivity contribution is 5.73. The van der Waals surface area contributed by atoms with Crippen molar-refractivity contribution in [1.82, 2.24) is 0 Å². The molecule has 3 N–H and O–H groups in total. The number of nitrogens with zero attached hydrogens (tertiary/aromatic N) is 1. The largest absolute Gasteiger partial charge is 0.477 e. The van der Waals surface area contributed by atoms with Gasteiger partial charge in [-0.05, 0) is 38.5 Å². The van der Waals surface area contributed by atoms with Gasteiger partial charge >= 0.3 is 17.9 Å². The van der Waals surface area contributed by atoms with Crippen LogP contribution in [0, 0.1) is 0 Å². The third-order valence-electron chi connectivity index (χ3n) is 6.56. The van der Waals surface area contributed by atoms with Gasteiger partial charge in [-0.3, -0.25) is 4.48 Å². The molecular formula is C28H52NO6+. The van der Waals surface area contributed by atoms with Crippen LogP contribution in [-0.2, 0) is 14.4 Å². The van der Waals surface area contributed by atoms with Gasteiger partial charge in [-0.2, -0.15) is 0 Å². The number of unbranched alkanes of at least 4 members (excludes halogenated alkanes) is 16. The number of hydrogen-bond donors (Lipinski definition) is 3. The van der Waals surface area contributed by atoms with Gasteiger partial charge in [0.05, 0.1) is 6.54 Å². The molecule has 0 aliphatic carbocycles. The summed E-state index contributed by atoms with van der Waals surface area (Å²) in [5.74, 6) is -3.51. The van der Waals surface area contributed by atoms with E-state index in [9.17, 15) is 14.4 Å². The molecule has 0 heterocycles. The Hall–Kier alpha value is -1.89. The van der Waals surface area contributed by atoms with Crippen LogP contribution in [0.3, 0.4) is 0 Å². The first-order chi connectivity index (χ1) is 16.8. The number of carboxylic acids is 3. The molecule has 0 saturated carbocycles. The van der Waals surface area contributed by atoms with Crippen LogP contribution in [0.2, 0.25) is 0 Å². The standard InChI is InChI=1S/C28H51NO6/c1-2-3-4-5-6-7-8-9-10-11-12-13-14-15-16-17-18-19-20-21-22-29(23-26(30)31,24-27(32)33)25-28(34)35/h11-12H,2-10,13-25H2,1H3,(H2-,30,31,32,33,34,35)/p+1/b12-11+. The van der Waals surface area contributed by atoms with Crippen LogP contribution < -0.4 is 0 Å². The van der Waals surface area contributed by atoms with Crippen molar-refractivity contribution in [3.8, 4) is 0 Å². The molecule has 0 spiro atoms. The Balaban J connectivity index is 3.74. The number of rotatable bonds is 26. The van der Waals surface area contributed by atoms with Crippen molar-refractivity contribution in [2.45, 2.75) is 122 Å². The summed E-state index contributed by atoms with van der Waals surface area (Å²) >= 11 is 0. The zero-order chi connectivity index (χ0) is 26.2. The fourth-order valence-electron chi connectivity index (χ4n) is 4.67. The maximum Gasteiger partial charge on any atom is 0.359 e. The summed E-state index contributed by atoms with van der Waals surface area (Å²) in [6.45, 7) is 1.08. The molecule has 7 heteroatoms. The molecule has 0 amide bonds. The lowest BCUT2D eigenvalue weighted by atomic mass is 10.1. The van der Waals surface area contributed by atoms with Crippen molar-refractivity contribution in [1.29, 1.82) is 0 Å². The topological polar surface area (TPSA) is 112 Å². The first-order valence-electron chi connectivity index (χ1n) is 14.0. The molecule has 0 atom stereocenters. The van der Waals surface area contributed by atoms with E-state index < -0.39 is 42.0 Å². The Bertz CT molecular complexity index is 549. The van der Waals surface area contributed by atoms with Crippen molar-refractivity contribution in [3.05, 3.63) is 12.2 Å². The summed E-state index contributed by atoms with van der Waals surface area (Å²) in [6, 6.07) is 0. The fraction of sp³-hybridized carbons (Fsp3) is 0.821. The lowest BCUT2D eigenvalue weighted by Gasteiger charge is -2.34. The van der Waals surface area contributed by atoms with Gasteiger partial charge in [0, 0.05) is 0 Å². The lowest BCUT2D eigenvalue weighted by Crippen LogP contribution is -2.57. The molecule has 0 radical (unpaired) electrons. The van der Waals surface area contributed by atoms with Crippen LogP contribution >= 0.6 is 0 Å². The van der Waals surface area contributed by atoms with Crippen LogP contribution in [-0.4, -0.2) is 63.9 Å². The molecule has 0 aromatic rings. The molecule has 204 valence electrons. The van der Waals surface area contributed by atoms with Gasteiger partial charge in [0.15, 0.2) is 19.6 Å². The van der Waals surface area contributed by atoms with Crippen molar-refractivity contribution in [2.75, 3.05) is 26.2 Å². The normalized spacial score (nSPS) is 11.8. The SMILES string of the molecule is CCCCCCCCCC/C=C/CCCCCCCCCC[N+](CC(=O)O)(CC(=O)O)CC(=O)O. The minimum absolute atomic E-state index is 0.260. The summed E-state index contributed by atoms with van der Waals surface area (Å²) < 4.78 is -0.438. The minimum atomic E-state index is -1.17. The molecule has 0 saturated heterocycles. The monoisotopic (exact) mass is 498 g/mol. The summed E-state index contributed by atoms with van der Waals surface area (Å²) in [5, 5.41) is 27.4. The van der Waals surface area contributed by atoms with Crippen molar-refractivity contribution >= 4 is 17.9 Å². The van der Waals surface area contributed by atoms with Gasteiger partial charge in [-0.25, -0.2) is 14.4 Å². The second-order valence-electron chi connectivity index (χ2n) is 10.1. The minimum Gasteiger partial charge on any atom is -0.477 e. The van der Waals surface area contributed by atoms with E-state index >= 15 is 0 Å². The Morgan fingerprint density at radius 1 is 0.514 bits per heavy atom. The second-order valence-corrected chi connectivity index (χ2v) is 10.1. The van der Waals surface area contributed by atoms with E-state index in [4.69, 9.17) is 15.3 Å². The maximum atomic E-state index is 11.2. The summed E-state index contributed by atoms with van der Waals surface area (Å²) in [5.41, 5.74) is 0. The summed E-state index contributed by atoms with van der Waals surface area (Å²) in [6.07, 6.45) is 26.4. The Morgan fingerprint density at radius 3 is 1.17 bits per heavy atom. The average molecular weight is 499 g/mol. The number of aliphatic carboxylic acids is 3. The molecule has 0 rings (SSSR count). The quantitative estimate of drug-likeness (QED) is 0.0699. The van der Waals surface area contributed by atoms with E-state index in [0.29, 0.717) is 6.42 Å². The Labute approximate surface area is 213 Å². The van der Waals surface area contributed by atoms with Gasteiger partial charge < -0.3 is 15.3 Å². The number of quaternary nitrogens is 1. The Morgan fingerprint density at radius 2 is 0.829 bits per heavy atom. The van der Waals surface area contributed by atoms with Crippen molar-refractivity contribution < 1.29 is 34.2 Å². The highest BCUT2D eigenvalue weighted by atomic mass is 16.4. The smallest absolute Gasteiger partial charge is 0.359 e. The molecule has 0 aromatic carbocycles. The van der Waals surface area contributed by atoms with Crippen LogP contribution in [0.25, 0.3) is 0 Å². The predicted molar refractivity (Wildman–Crippen MR) is 141 cm³/mol. The predicted octanol–water partition coefficient (Wildman–Crippen LogP) is 6.65. The van der Waals surface area contributed by atoms with E-state index in [-0.39, 0.29) is 6.54 Å². The third kappa shape index (κ3) is 22.3. The van der Waals surface area contributed by atoms with E-state index in [1.807, 2.05) is 0 Å². The zero-order valence-electron chi connectivity index (χ0n) is 22.2. The number of hydrogen-bond acceptors (Lipinski definition) is 3. The maximum absolute atomic E-state index is 11.2. The highest BCUT2D eigenvalue weighted by Gasteiger charge is 2.35. The van der Waals surface area contributed by atoms with Gasteiger partial charge in [0.1, 0.15) is 0 Å². The fourth-order valence-corrected chi connectivity index (χ4v) is 4.67. The van der Waals surface area contributed by atoms with Crippen LogP contribution in [0.5, 0.6) is 0 Å². The highest BCUT2D eigenvalue weighted by Crippen LogP contribution is 2.15.